The zero-order valence-electron chi connectivity index (χ0n) is 12.1. The van der Waals surface area contributed by atoms with Gasteiger partial charge in [0.25, 0.3) is 0 Å². The van der Waals surface area contributed by atoms with Crippen molar-refractivity contribution in [3.05, 3.63) is 29.3 Å². The minimum absolute atomic E-state index is 0.0269. The van der Waals surface area contributed by atoms with Gasteiger partial charge in [-0.25, -0.2) is 8.42 Å². The number of nitriles is 1. The highest BCUT2D eigenvalue weighted by Gasteiger charge is 2.22. The molecule has 0 radical (unpaired) electrons. The number of hydrogen-bond acceptors (Lipinski definition) is 4. The molecule has 1 rings (SSSR count). The van der Waals surface area contributed by atoms with E-state index in [1.54, 1.807) is 19.1 Å². The second-order valence-corrected chi connectivity index (χ2v) is 6.50. The molecule has 0 aliphatic heterocycles. The van der Waals surface area contributed by atoms with Gasteiger partial charge in [-0.15, -0.1) is 0 Å². The normalized spacial score (nSPS) is 10.8. The van der Waals surface area contributed by atoms with Crippen molar-refractivity contribution in [3.8, 4) is 17.9 Å². The van der Waals surface area contributed by atoms with Crippen LogP contribution in [0.2, 0.25) is 0 Å². The van der Waals surface area contributed by atoms with Gasteiger partial charge in [-0.2, -0.15) is 9.57 Å². The molecule has 6 heteroatoms. The largest absolute Gasteiger partial charge is 0.395 e. The molecule has 112 valence electrons. The van der Waals surface area contributed by atoms with Crippen LogP contribution in [0.25, 0.3) is 0 Å². The van der Waals surface area contributed by atoms with Crippen LogP contribution in [0.5, 0.6) is 0 Å². The van der Waals surface area contributed by atoms with E-state index in [1.807, 2.05) is 6.07 Å². The monoisotopic (exact) mass is 306 g/mol. The van der Waals surface area contributed by atoms with E-state index in [-0.39, 0.29) is 24.5 Å². The molecule has 5 nitrogen and oxygen atoms in total. The molecule has 0 aliphatic rings. The van der Waals surface area contributed by atoms with Gasteiger partial charge in [-0.05, 0) is 24.6 Å². The first kappa shape index (κ1) is 17.2. The van der Waals surface area contributed by atoms with Crippen molar-refractivity contribution in [2.24, 2.45) is 0 Å². The summed E-state index contributed by atoms with van der Waals surface area (Å²) < 4.78 is 26.1. The van der Waals surface area contributed by atoms with Crippen molar-refractivity contribution in [3.63, 3.8) is 0 Å². The topological polar surface area (TPSA) is 81.4 Å². The van der Waals surface area contributed by atoms with E-state index in [1.165, 1.54) is 17.4 Å². The molecule has 1 N–H and O–H groups in total. The summed E-state index contributed by atoms with van der Waals surface area (Å²) in [6.45, 7) is 1.84. The average molecular weight is 306 g/mol. The highest BCUT2D eigenvalue weighted by Crippen LogP contribution is 2.20. The summed E-state index contributed by atoms with van der Waals surface area (Å²) >= 11 is 0. The summed E-state index contributed by atoms with van der Waals surface area (Å²) in [4.78, 5) is 0.193. The van der Waals surface area contributed by atoms with Crippen LogP contribution in [0.1, 0.15) is 24.0 Å². The fourth-order valence-electron chi connectivity index (χ4n) is 1.67. The third kappa shape index (κ3) is 4.57. The number of sulfonamides is 1. The van der Waals surface area contributed by atoms with Gasteiger partial charge in [0.05, 0.1) is 17.6 Å². The van der Waals surface area contributed by atoms with Crippen molar-refractivity contribution in [2.45, 2.75) is 24.7 Å². The minimum Gasteiger partial charge on any atom is -0.395 e. The van der Waals surface area contributed by atoms with Crippen molar-refractivity contribution < 1.29 is 13.5 Å². The average Bonchev–Trinajstić information content (AvgIpc) is 2.46. The van der Waals surface area contributed by atoms with E-state index in [2.05, 4.69) is 11.8 Å². The van der Waals surface area contributed by atoms with Crippen molar-refractivity contribution in [1.29, 1.82) is 5.26 Å². The lowest BCUT2D eigenvalue weighted by atomic mass is 10.1. The molecule has 0 saturated carbocycles. The van der Waals surface area contributed by atoms with Crippen LogP contribution < -0.4 is 0 Å². The fourth-order valence-corrected chi connectivity index (χ4v) is 3.09. The number of aliphatic hydroxyl groups excluding tert-OH is 1. The molecule has 0 bridgehead atoms. The maximum atomic E-state index is 12.5. The van der Waals surface area contributed by atoms with E-state index >= 15 is 0 Å². The van der Waals surface area contributed by atoms with Gasteiger partial charge in [0, 0.05) is 32.0 Å². The Labute approximate surface area is 125 Å². The molecule has 0 saturated heterocycles. The van der Waals surface area contributed by atoms with E-state index in [0.29, 0.717) is 17.5 Å². The lowest BCUT2D eigenvalue weighted by molar-refractivity contribution is 0.305. The van der Waals surface area contributed by atoms with Crippen LogP contribution in [0.4, 0.5) is 0 Å². The standard InChI is InChI=1S/C15H18N2O3S/c1-13-7-8-14(6-3-4-11-18)12-15(13)21(19,20)17(2)10-5-9-16/h7-8,12,18H,4-5,10-11H2,1-2H3. The van der Waals surface area contributed by atoms with Crippen LogP contribution in [-0.2, 0) is 10.0 Å². The lowest BCUT2D eigenvalue weighted by Gasteiger charge is -2.17. The van der Waals surface area contributed by atoms with Crippen LogP contribution in [0, 0.1) is 30.1 Å². The Hall–Kier alpha value is -1.86. The van der Waals surface area contributed by atoms with Gasteiger partial charge in [-0.3, -0.25) is 0 Å². The number of aliphatic hydroxyl groups is 1. The quantitative estimate of drug-likeness (QED) is 0.830. The van der Waals surface area contributed by atoms with Gasteiger partial charge in [0.1, 0.15) is 0 Å². The number of rotatable bonds is 5. The first-order valence-electron chi connectivity index (χ1n) is 6.47. The van der Waals surface area contributed by atoms with Crippen LogP contribution in [0.15, 0.2) is 23.1 Å². The molecular formula is C15H18N2O3S. The Kier molecular flexibility index (Phi) is 6.39. The van der Waals surface area contributed by atoms with Gasteiger partial charge < -0.3 is 5.11 Å². The molecular weight excluding hydrogens is 288 g/mol. The molecule has 0 heterocycles. The highest BCUT2D eigenvalue weighted by molar-refractivity contribution is 7.89. The van der Waals surface area contributed by atoms with Crippen molar-refractivity contribution in [2.75, 3.05) is 20.2 Å². The summed E-state index contributed by atoms with van der Waals surface area (Å²) in [5.74, 6) is 5.58. The summed E-state index contributed by atoms with van der Waals surface area (Å²) in [5.41, 5.74) is 1.22. The molecule has 0 unspecified atom stereocenters. The predicted octanol–water partition coefficient (Wildman–Crippen LogP) is 1.26. The molecule has 0 aliphatic carbocycles. The van der Waals surface area contributed by atoms with E-state index in [0.717, 1.165) is 0 Å². The third-order valence-corrected chi connectivity index (χ3v) is 4.88. The molecule has 0 spiro atoms. The molecule has 0 amide bonds. The van der Waals surface area contributed by atoms with Gasteiger partial charge in [-0.1, -0.05) is 17.9 Å². The summed E-state index contributed by atoms with van der Waals surface area (Å²) in [6, 6.07) is 6.90. The van der Waals surface area contributed by atoms with Crippen LogP contribution in [-0.4, -0.2) is 38.0 Å². The third-order valence-electron chi connectivity index (χ3n) is 2.88. The SMILES string of the molecule is Cc1ccc(C#CCCO)cc1S(=O)(=O)N(C)CCC#N. The number of aryl methyl sites for hydroxylation is 1. The summed E-state index contributed by atoms with van der Waals surface area (Å²) in [6.07, 6.45) is 0.489. The number of nitrogens with zero attached hydrogens (tertiary/aromatic N) is 2. The van der Waals surface area contributed by atoms with Gasteiger partial charge >= 0.3 is 0 Å². The molecule has 0 atom stereocenters. The first-order valence-corrected chi connectivity index (χ1v) is 7.91. The molecule has 0 fully saturated rings. The Morgan fingerprint density at radius 1 is 1.33 bits per heavy atom. The summed E-state index contributed by atoms with van der Waals surface area (Å²) in [7, 11) is -2.18. The van der Waals surface area contributed by atoms with Gasteiger partial charge in [0.15, 0.2) is 0 Å². The van der Waals surface area contributed by atoms with E-state index in [9.17, 15) is 8.42 Å². The van der Waals surface area contributed by atoms with E-state index in [4.69, 9.17) is 10.4 Å². The molecule has 1 aromatic rings. The fraction of sp³-hybridized carbons (Fsp3) is 0.400. The van der Waals surface area contributed by atoms with E-state index < -0.39 is 10.0 Å². The lowest BCUT2D eigenvalue weighted by Crippen LogP contribution is -2.28. The Bertz CT molecular complexity index is 694. The molecule has 21 heavy (non-hydrogen) atoms. The Morgan fingerprint density at radius 2 is 2.05 bits per heavy atom. The Balaban J connectivity index is 3.15. The number of benzene rings is 1. The summed E-state index contributed by atoms with van der Waals surface area (Å²) in [5, 5.41) is 17.3. The Morgan fingerprint density at radius 3 is 2.67 bits per heavy atom. The maximum Gasteiger partial charge on any atom is 0.243 e. The smallest absolute Gasteiger partial charge is 0.243 e. The van der Waals surface area contributed by atoms with Crippen LogP contribution in [0.3, 0.4) is 0 Å². The molecule has 1 aromatic carbocycles. The zero-order valence-corrected chi connectivity index (χ0v) is 12.9. The maximum absolute atomic E-state index is 12.5. The molecule has 0 aromatic heterocycles. The van der Waals surface area contributed by atoms with Crippen molar-refractivity contribution >= 4 is 10.0 Å². The first-order chi connectivity index (χ1) is 9.93. The zero-order chi connectivity index (χ0) is 15.9. The van der Waals surface area contributed by atoms with Crippen LogP contribution >= 0.6 is 0 Å². The minimum atomic E-state index is -3.63. The second kappa shape index (κ2) is 7.80. The second-order valence-electron chi connectivity index (χ2n) is 4.49. The highest BCUT2D eigenvalue weighted by atomic mass is 32.2. The predicted molar refractivity (Wildman–Crippen MR) is 79.8 cm³/mol. The number of hydrogen-bond donors (Lipinski definition) is 1. The van der Waals surface area contributed by atoms with Gasteiger partial charge in [0.2, 0.25) is 10.0 Å². The van der Waals surface area contributed by atoms with Crippen molar-refractivity contribution in [1.82, 2.24) is 4.31 Å².